The molecule has 94 valence electrons. The van der Waals surface area contributed by atoms with Crippen LogP contribution < -0.4 is 5.32 Å². The van der Waals surface area contributed by atoms with Crippen molar-refractivity contribution in [1.82, 2.24) is 5.32 Å². The molecule has 2 atom stereocenters. The van der Waals surface area contributed by atoms with Gasteiger partial charge in [-0.1, -0.05) is 0 Å². The van der Waals surface area contributed by atoms with Crippen molar-refractivity contribution < 1.29 is 9.47 Å². The summed E-state index contributed by atoms with van der Waals surface area (Å²) >= 11 is 1.89. The standard InChI is InChI=1S/C13H19NO2S/c1-2-12(11-4-7-17-13(11)3-1)14-8-10-9-15-5-6-16-10/h4,7,10,12,14H,1-3,5-6,8-9H2. The maximum absolute atomic E-state index is 5.65. The molecule has 0 saturated carbocycles. The number of hydrogen-bond donors (Lipinski definition) is 1. The minimum Gasteiger partial charge on any atom is -0.376 e. The molecule has 0 radical (unpaired) electrons. The fourth-order valence-corrected chi connectivity index (χ4v) is 3.61. The van der Waals surface area contributed by atoms with Gasteiger partial charge in [0.25, 0.3) is 0 Å². The molecule has 1 saturated heterocycles. The quantitative estimate of drug-likeness (QED) is 0.895. The molecule has 1 aromatic rings. The number of hydrogen-bond acceptors (Lipinski definition) is 4. The molecule has 3 nitrogen and oxygen atoms in total. The van der Waals surface area contributed by atoms with Crippen LogP contribution >= 0.6 is 11.3 Å². The van der Waals surface area contributed by atoms with Gasteiger partial charge in [0.05, 0.1) is 25.9 Å². The molecular weight excluding hydrogens is 234 g/mol. The summed E-state index contributed by atoms with van der Waals surface area (Å²) in [5, 5.41) is 5.85. The molecule has 1 aromatic heterocycles. The van der Waals surface area contributed by atoms with E-state index in [1.165, 1.54) is 24.8 Å². The minimum atomic E-state index is 0.229. The summed E-state index contributed by atoms with van der Waals surface area (Å²) in [4.78, 5) is 1.56. The van der Waals surface area contributed by atoms with Gasteiger partial charge in [-0.3, -0.25) is 0 Å². The lowest BCUT2D eigenvalue weighted by Gasteiger charge is -2.28. The van der Waals surface area contributed by atoms with Crippen LogP contribution in [-0.4, -0.2) is 32.5 Å². The molecule has 1 fully saturated rings. The predicted molar refractivity (Wildman–Crippen MR) is 68.6 cm³/mol. The molecule has 17 heavy (non-hydrogen) atoms. The molecule has 1 aliphatic carbocycles. The Kier molecular flexibility index (Phi) is 3.76. The second kappa shape index (κ2) is 5.48. The third-order valence-corrected chi connectivity index (χ3v) is 4.53. The second-order valence-corrected chi connectivity index (χ2v) is 5.72. The SMILES string of the molecule is c1cc2c(s1)CCCC2NCC1COCCO1. The summed E-state index contributed by atoms with van der Waals surface area (Å²) in [6.07, 6.45) is 4.03. The number of thiophene rings is 1. The predicted octanol–water partition coefficient (Wildman–Crippen LogP) is 2.13. The highest BCUT2D eigenvalue weighted by atomic mass is 32.1. The van der Waals surface area contributed by atoms with Crippen molar-refractivity contribution in [1.29, 1.82) is 0 Å². The van der Waals surface area contributed by atoms with Crippen LogP contribution in [0.1, 0.15) is 29.3 Å². The first-order valence-corrected chi connectivity index (χ1v) is 7.30. The highest BCUT2D eigenvalue weighted by molar-refractivity contribution is 7.10. The van der Waals surface area contributed by atoms with Crippen molar-refractivity contribution in [2.75, 3.05) is 26.4 Å². The van der Waals surface area contributed by atoms with E-state index >= 15 is 0 Å². The average molecular weight is 253 g/mol. The lowest BCUT2D eigenvalue weighted by molar-refractivity contribution is -0.0872. The highest BCUT2D eigenvalue weighted by Crippen LogP contribution is 2.33. The Labute approximate surface area is 106 Å². The average Bonchev–Trinajstić information content (AvgIpc) is 2.86. The van der Waals surface area contributed by atoms with Gasteiger partial charge < -0.3 is 14.8 Å². The van der Waals surface area contributed by atoms with E-state index < -0.39 is 0 Å². The first kappa shape index (κ1) is 11.7. The molecule has 0 aromatic carbocycles. The Bertz CT molecular complexity index is 360. The molecule has 1 aliphatic heterocycles. The number of rotatable bonds is 3. The van der Waals surface area contributed by atoms with Crippen LogP contribution in [0.5, 0.6) is 0 Å². The second-order valence-electron chi connectivity index (χ2n) is 4.72. The third-order valence-electron chi connectivity index (χ3n) is 3.53. The molecule has 0 amide bonds. The van der Waals surface area contributed by atoms with Gasteiger partial charge in [0.1, 0.15) is 0 Å². The van der Waals surface area contributed by atoms with Crippen molar-refractivity contribution in [2.24, 2.45) is 0 Å². The molecule has 4 heteroatoms. The lowest BCUT2D eigenvalue weighted by Crippen LogP contribution is -2.39. The highest BCUT2D eigenvalue weighted by Gasteiger charge is 2.22. The van der Waals surface area contributed by atoms with Crippen LogP contribution in [0, 0.1) is 0 Å². The topological polar surface area (TPSA) is 30.5 Å². The van der Waals surface area contributed by atoms with Crippen molar-refractivity contribution in [3.63, 3.8) is 0 Å². The first-order valence-electron chi connectivity index (χ1n) is 6.42. The van der Waals surface area contributed by atoms with E-state index in [4.69, 9.17) is 9.47 Å². The largest absolute Gasteiger partial charge is 0.376 e. The Balaban J connectivity index is 1.56. The van der Waals surface area contributed by atoms with Crippen molar-refractivity contribution in [3.05, 3.63) is 21.9 Å². The van der Waals surface area contributed by atoms with Crippen LogP contribution in [0.15, 0.2) is 11.4 Å². The van der Waals surface area contributed by atoms with Crippen LogP contribution in [0.25, 0.3) is 0 Å². The van der Waals surface area contributed by atoms with E-state index in [0.717, 1.165) is 26.4 Å². The first-order chi connectivity index (χ1) is 8.43. The summed E-state index contributed by atoms with van der Waals surface area (Å²) < 4.78 is 11.1. The molecule has 0 spiro atoms. The molecular formula is C13H19NO2S. The zero-order chi connectivity index (χ0) is 11.5. The van der Waals surface area contributed by atoms with Crippen LogP contribution in [0.3, 0.4) is 0 Å². The van der Waals surface area contributed by atoms with Gasteiger partial charge in [-0.15, -0.1) is 11.3 Å². The van der Waals surface area contributed by atoms with Gasteiger partial charge in [0.2, 0.25) is 0 Å². The van der Waals surface area contributed by atoms with Gasteiger partial charge in [-0.25, -0.2) is 0 Å². The van der Waals surface area contributed by atoms with E-state index in [1.807, 2.05) is 11.3 Å². The zero-order valence-corrected chi connectivity index (χ0v) is 10.8. The van der Waals surface area contributed by atoms with Gasteiger partial charge in [-0.05, 0) is 36.3 Å². The van der Waals surface area contributed by atoms with Gasteiger partial charge in [0, 0.05) is 17.5 Å². The fraction of sp³-hybridized carbons (Fsp3) is 0.692. The maximum Gasteiger partial charge on any atom is 0.0933 e. The Hall–Kier alpha value is -0.420. The van der Waals surface area contributed by atoms with Gasteiger partial charge in [-0.2, -0.15) is 0 Å². The Morgan fingerprint density at radius 2 is 2.41 bits per heavy atom. The van der Waals surface area contributed by atoms with E-state index in [9.17, 15) is 0 Å². The van der Waals surface area contributed by atoms with Gasteiger partial charge >= 0.3 is 0 Å². The summed E-state index contributed by atoms with van der Waals surface area (Å²) in [6, 6.07) is 2.80. The van der Waals surface area contributed by atoms with E-state index in [-0.39, 0.29) is 6.10 Å². The molecule has 3 rings (SSSR count). The number of nitrogens with one attached hydrogen (secondary N) is 1. The van der Waals surface area contributed by atoms with E-state index in [2.05, 4.69) is 16.8 Å². The van der Waals surface area contributed by atoms with Crippen molar-refractivity contribution in [3.8, 4) is 0 Å². The van der Waals surface area contributed by atoms with Crippen LogP contribution in [0.2, 0.25) is 0 Å². The van der Waals surface area contributed by atoms with E-state index in [1.54, 1.807) is 4.88 Å². The smallest absolute Gasteiger partial charge is 0.0933 e. The van der Waals surface area contributed by atoms with Crippen LogP contribution in [0.4, 0.5) is 0 Å². The minimum absolute atomic E-state index is 0.229. The Morgan fingerprint density at radius 3 is 3.29 bits per heavy atom. The normalized spacial score (nSPS) is 28.9. The molecule has 2 heterocycles. The third kappa shape index (κ3) is 2.71. The molecule has 0 bridgehead atoms. The van der Waals surface area contributed by atoms with Crippen molar-refractivity contribution >= 4 is 11.3 Å². The van der Waals surface area contributed by atoms with Crippen LogP contribution in [-0.2, 0) is 15.9 Å². The van der Waals surface area contributed by atoms with Crippen molar-refractivity contribution in [2.45, 2.75) is 31.4 Å². The number of aryl methyl sites for hydroxylation is 1. The molecule has 2 unspecified atom stereocenters. The van der Waals surface area contributed by atoms with E-state index in [0.29, 0.717) is 6.04 Å². The maximum atomic E-state index is 5.65. The Morgan fingerprint density at radius 1 is 1.41 bits per heavy atom. The number of ether oxygens (including phenoxy) is 2. The summed E-state index contributed by atoms with van der Waals surface area (Å²) in [5.41, 5.74) is 1.51. The number of fused-ring (bicyclic) bond motifs is 1. The summed E-state index contributed by atoms with van der Waals surface area (Å²) in [7, 11) is 0. The molecule has 1 N–H and O–H groups in total. The summed E-state index contributed by atoms with van der Waals surface area (Å²) in [6.45, 7) is 3.12. The molecule has 2 aliphatic rings. The fourth-order valence-electron chi connectivity index (χ4n) is 2.63. The van der Waals surface area contributed by atoms with Gasteiger partial charge in [0.15, 0.2) is 0 Å². The summed E-state index contributed by atoms with van der Waals surface area (Å²) in [5.74, 6) is 0. The zero-order valence-electron chi connectivity index (χ0n) is 9.98. The lowest BCUT2D eigenvalue weighted by atomic mass is 9.94. The monoisotopic (exact) mass is 253 g/mol.